The van der Waals surface area contributed by atoms with Gasteiger partial charge in [-0.25, -0.2) is 4.79 Å². The second kappa shape index (κ2) is 8.36. The van der Waals surface area contributed by atoms with Crippen molar-refractivity contribution in [1.29, 1.82) is 0 Å². The maximum Gasteiger partial charge on any atom is 0.338 e. The summed E-state index contributed by atoms with van der Waals surface area (Å²) < 4.78 is 10.6. The van der Waals surface area contributed by atoms with Crippen LogP contribution >= 0.6 is 0 Å². The molecule has 1 amide bonds. The second-order valence-electron chi connectivity index (χ2n) is 6.06. The van der Waals surface area contributed by atoms with E-state index in [1.165, 1.54) is 0 Å². The number of fused-ring (bicyclic) bond motifs is 1. The Bertz CT molecular complexity index is 950. The Labute approximate surface area is 157 Å². The van der Waals surface area contributed by atoms with Crippen molar-refractivity contribution in [3.05, 3.63) is 72.3 Å². The molecule has 0 spiro atoms. The van der Waals surface area contributed by atoms with Gasteiger partial charge in [-0.15, -0.1) is 0 Å². The van der Waals surface area contributed by atoms with Crippen molar-refractivity contribution in [1.82, 2.24) is 0 Å². The maximum absolute atomic E-state index is 12.3. The van der Waals surface area contributed by atoms with Crippen molar-refractivity contribution in [2.24, 2.45) is 0 Å². The number of anilines is 1. The average molecular weight is 363 g/mol. The zero-order chi connectivity index (χ0) is 19.2. The summed E-state index contributed by atoms with van der Waals surface area (Å²) in [4.78, 5) is 24.6. The maximum atomic E-state index is 12.3. The molecule has 3 aromatic carbocycles. The Morgan fingerprint density at radius 1 is 0.963 bits per heavy atom. The smallest absolute Gasteiger partial charge is 0.338 e. The highest BCUT2D eigenvalue weighted by atomic mass is 16.5. The number of amides is 1. The summed E-state index contributed by atoms with van der Waals surface area (Å²) in [6.07, 6.45) is -0.921. The topological polar surface area (TPSA) is 64.6 Å². The van der Waals surface area contributed by atoms with Crippen LogP contribution in [0, 0.1) is 0 Å². The van der Waals surface area contributed by atoms with E-state index >= 15 is 0 Å². The number of esters is 1. The number of hydrogen-bond donors (Lipinski definition) is 1. The molecule has 1 N–H and O–H groups in total. The molecule has 1 atom stereocenters. The van der Waals surface area contributed by atoms with Gasteiger partial charge in [-0.05, 0) is 61.0 Å². The molecule has 138 valence electrons. The third-order valence-electron chi connectivity index (χ3n) is 4.07. The molecule has 0 fully saturated rings. The molecule has 0 radical (unpaired) electrons. The molecule has 0 aliphatic rings. The van der Waals surface area contributed by atoms with Gasteiger partial charge in [-0.2, -0.15) is 0 Å². The van der Waals surface area contributed by atoms with E-state index in [-0.39, 0.29) is 5.91 Å². The highest BCUT2D eigenvalue weighted by Gasteiger charge is 2.19. The van der Waals surface area contributed by atoms with Crippen molar-refractivity contribution in [2.45, 2.75) is 20.0 Å². The summed E-state index contributed by atoms with van der Waals surface area (Å²) >= 11 is 0. The average Bonchev–Trinajstić information content (AvgIpc) is 2.68. The summed E-state index contributed by atoms with van der Waals surface area (Å²) in [5.41, 5.74) is 1.02. The zero-order valence-corrected chi connectivity index (χ0v) is 15.3. The van der Waals surface area contributed by atoms with Gasteiger partial charge in [0.15, 0.2) is 6.10 Å². The summed E-state index contributed by atoms with van der Waals surface area (Å²) in [5, 5.41) is 4.89. The normalized spacial score (nSPS) is 11.6. The Kier molecular flexibility index (Phi) is 5.71. The Morgan fingerprint density at radius 2 is 1.67 bits per heavy atom. The number of nitrogens with one attached hydrogen (secondary N) is 1. The van der Waals surface area contributed by atoms with Crippen LogP contribution in [-0.2, 0) is 9.53 Å². The standard InChI is InChI=1S/C22H21NO4/c1-3-26-20-12-9-17(10-13-20)22(25)27-15(2)21(24)23-19-11-8-16-6-4-5-7-18(16)14-19/h4-15H,3H2,1-2H3,(H,23,24). The van der Waals surface area contributed by atoms with Gasteiger partial charge in [0, 0.05) is 5.69 Å². The van der Waals surface area contributed by atoms with Gasteiger partial charge in [0.25, 0.3) is 5.91 Å². The first-order valence-electron chi connectivity index (χ1n) is 8.80. The lowest BCUT2D eigenvalue weighted by molar-refractivity contribution is -0.123. The number of carbonyl (C=O) groups excluding carboxylic acids is 2. The highest BCUT2D eigenvalue weighted by Crippen LogP contribution is 2.19. The van der Waals surface area contributed by atoms with Gasteiger partial charge in [-0.1, -0.05) is 30.3 Å². The van der Waals surface area contributed by atoms with Crippen LogP contribution in [-0.4, -0.2) is 24.6 Å². The van der Waals surface area contributed by atoms with Crippen molar-refractivity contribution in [3.8, 4) is 5.75 Å². The first-order chi connectivity index (χ1) is 13.1. The van der Waals surface area contributed by atoms with Gasteiger partial charge < -0.3 is 14.8 Å². The molecule has 0 bridgehead atoms. The monoisotopic (exact) mass is 363 g/mol. The van der Waals surface area contributed by atoms with Crippen molar-refractivity contribution in [3.63, 3.8) is 0 Å². The molecular formula is C22H21NO4. The van der Waals surface area contributed by atoms with Gasteiger partial charge in [0.1, 0.15) is 5.75 Å². The lowest BCUT2D eigenvalue weighted by Gasteiger charge is -2.14. The lowest BCUT2D eigenvalue weighted by Crippen LogP contribution is -2.30. The lowest BCUT2D eigenvalue weighted by atomic mass is 10.1. The molecule has 27 heavy (non-hydrogen) atoms. The van der Waals surface area contributed by atoms with Crippen LogP contribution in [0.3, 0.4) is 0 Å². The first kappa shape index (κ1) is 18.5. The van der Waals surface area contributed by atoms with E-state index in [0.29, 0.717) is 23.6 Å². The number of carbonyl (C=O) groups is 2. The minimum atomic E-state index is -0.921. The molecule has 0 saturated heterocycles. The molecular weight excluding hydrogens is 342 g/mol. The minimum absolute atomic E-state index is 0.365. The van der Waals surface area contributed by atoms with E-state index < -0.39 is 12.1 Å². The van der Waals surface area contributed by atoms with Crippen molar-refractivity contribution in [2.75, 3.05) is 11.9 Å². The predicted molar refractivity (Wildman–Crippen MR) is 105 cm³/mol. The minimum Gasteiger partial charge on any atom is -0.494 e. The molecule has 0 heterocycles. The van der Waals surface area contributed by atoms with E-state index in [4.69, 9.17) is 9.47 Å². The first-order valence-corrected chi connectivity index (χ1v) is 8.80. The largest absolute Gasteiger partial charge is 0.494 e. The fourth-order valence-electron chi connectivity index (χ4n) is 2.65. The quantitative estimate of drug-likeness (QED) is 0.658. The number of rotatable bonds is 6. The Balaban J connectivity index is 1.61. The summed E-state index contributed by atoms with van der Waals surface area (Å²) in [7, 11) is 0. The van der Waals surface area contributed by atoms with Crippen LogP contribution in [0.25, 0.3) is 10.8 Å². The fourth-order valence-corrected chi connectivity index (χ4v) is 2.65. The van der Waals surface area contributed by atoms with Crippen LogP contribution in [0.4, 0.5) is 5.69 Å². The molecule has 1 unspecified atom stereocenters. The van der Waals surface area contributed by atoms with E-state index in [0.717, 1.165) is 10.8 Å². The molecule has 5 heteroatoms. The SMILES string of the molecule is CCOc1ccc(C(=O)OC(C)C(=O)Nc2ccc3ccccc3c2)cc1. The molecule has 3 aromatic rings. The fraction of sp³-hybridized carbons (Fsp3) is 0.182. The summed E-state index contributed by atoms with van der Waals surface area (Å²) in [5.74, 6) is -0.264. The van der Waals surface area contributed by atoms with Gasteiger partial charge in [0.05, 0.1) is 12.2 Å². The number of benzene rings is 3. The zero-order valence-electron chi connectivity index (χ0n) is 15.3. The molecule has 5 nitrogen and oxygen atoms in total. The van der Waals surface area contributed by atoms with Gasteiger partial charge in [-0.3, -0.25) is 4.79 Å². The highest BCUT2D eigenvalue weighted by molar-refractivity contribution is 5.98. The van der Waals surface area contributed by atoms with Crippen LogP contribution < -0.4 is 10.1 Å². The van der Waals surface area contributed by atoms with E-state index in [1.54, 1.807) is 31.2 Å². The van der Waals surface area contributed by atoms with Crippen LogP contribution in [0.15, 0.2) is 66.7 Å². The Morgan fingerprint density at radius 3 is 2.37 bits per heavy atom. The third-order valence-corrected chi connectivity index (χ3v) is 4.07. The van der Waals surface area contributed by atoms with Crippen LogP contribution in [0.5, 0.6) is 5.75 Å². The third kappa shape index (κ3) is 4.64. The predicted octanol–water partition coefficient (Wildman–Crippen LogP) is 4.42. The van der Waals surface area contributed by atoms with Crippen molar-refractivity contribution < 1.29 is 19.1 Å². The Hall–Kier alpha value is -3.34. The number of ether oxygens (including phenoxy) is 2. The summed E-state index contributed by atoms with van der Waals surface area (Å²) in [6, 6.07) is 20.1. The van der Waals surface area contributed by atoms with E-state index in [1.807, 2.05) is 49.4 Å². The van der Waals surface area contributed by atoms with Gasteiger partial charge in [0.2, 0.25) is 0 Å². The molecule has 0 aliphatic carbocycles. The summed E-state index contributed by atoms with van der Waals surface area (Å²) in [6.45, 7) is 3.98. The van der Waals surface area contributed by atoms with E-state index in [2.05, 4.69) is 5.32 Å². The van der Waals surface area contributed by atoms with Crippen LogP contribution in [0.1, 0.15) is 24.2 Å². The molecule has 0 aromatic heterocycles. The van der Waals surface area contributed by atoms with Crippen LogP contribution in [0.2, 0.25) is 0 Å². The van der Waals surface area contributed by atoms with E-state index in [9.17, 15) is 9.59 Å². The molecule has 0 aliphatic heterocycles. The second-order valence-corrected chi connectivity index (χ2v) is 6.06. The number of hydrogen-bond acceptors (Lipinski definition) is 4. The van der Waals surface area contributed by atoms with Crippen molar-refractivity contribution >= 4 is 28.3 Å². The molecule has 0 saturated carbocycles. The van der Waals surface area contributed by atoms with Gasteiger partial charge >= 0.3 is 5.97 Å². The molecule has 3 rings (SSSR count).